The zero-order chi connectivity index (χ0) is 17.5. The molecule has 2 aliphatic heterocycles. The Kier molecular flexibility index (Phi) is 5.02. The lowest BCUT2D eigenvalue weighted by Gasteiger charge is -2.34. The quantitative estimate of drug-likeness (QED) is 0.777. The molecule has 0 aromatic heterocycles. The standard InChI is InChI=1S/C14H26N2O5S2/c1-11(2)8-16(12-4-6-22(18,19)9-12)13(17)15-14(3)5-7-23(20,21)10-14/h11-12H,4-10H2,1-3H3,(H,15,17)/t12-,14+/m0/s1. The Morgan fingerprint density at radius 1 is 1.22 bits per heavy atom. The molecule has 0 saturated carbocycles. The van der Waals surface area contributed by atoms with Crippen molar-refractivity contribution in [3.8, 4) is 0 Å². The number of hydrogen-bond donors (Lipinski definition) is 1. The summed E-state index contributed by atoms with van der Waals surface area (Å²) in [6.45, 7) is 6.11. The summed E-state index contributed by atoms with van der Waals surface area (Å²) in [7, 11) is -6.20. The highest BCUT2D eigenvalue weighted by atomic mass is 32.2. The van der Waals surface area contributed by atoms with Gasteiger partial charge in [-0.2, -0.15) is 0 Å². The maximum Gasteiger partial charge on any atom is 0.318 e. The van der Waals surface area contributed by atoms with E-state index in [1.54, 1.807) is 11.8 Å². The third-order valence-corrected chi connectivity index (χ3v) is 8.04. The Bertz CT molecular complexity index is 671. The average molecular weight is 367 g/mol. The van der Waals surface area contributed by atoms with Gasteiger partial charge in [-0.15, -0.1) is 0 Å². The summed E-state index contributed by atoms with van der Waals surface area (Å²) in [6.07, 6.45) is 0.830. The number of sulfone groups is 2. The lowest BCUT2D eigenvalue weighted by molar-refractivity contribution is 0.162. The highest BCUT2D eigenvalue weighted by Gasteiger charge is 2.42. The van der Waals surface area contributed by atoms with Gasteiger partial charge in [0.2, 0.25) is 0 Å². The molecule has 1 N–H and O–H groups in total. The van der Waals surface area contributed by atoms with Gasteiger partial charge in [-0.25, -0.2) is 21.6 Å². The van der Waals surface area contributed by atoms with E-state index in [-0.39, 0.29) is 41.0 Å². The van der Waals surface area contributed by atoms with Gasteiger partial charge in [0, 0.05) is 12.6 Å². The molecule has 0 aromatic rings. The van der Waals surface area contributed by atoms with Gasteiger partial charge in [0.05, 0.1) is 28.6 Å². The largest absolute Gasteiger partial charge is 0.332 e. The fourth-order valence-corrected chi connectivity index (χ4v) is 7.08. The molecule has 2 aliphatic rings. The van der Waals surface area contributed by atoms with Crippen LogP contribution < -0.4 is 5.32 Å². The lowest BCUT2D eigenvalue weighted by Crippen LogP contribution is -2.55. The molecule has 0 spiro atoms. The van der Waals surface area contributed by atoms with Crippen LogP contribution in [0.2, 0.25) is 0 Å². The molecule has 7 nitrogen and oxygen atoms in total. The summed E-state index contributed by atoms with van der Waals surface area (Å²) < 4.78 is 46.8. The third-order valence-electron chi connectivity index (χ3n) is 4.38. The molecule has 23 heavy (non-hydrogen) atoms. The molecule has 2 saturated heterocycles. The maximum absolute atomic E-state index is 12.7. The van der Waals surface area contributed by atoms with Crippen LogP contribution >= 0.6 is 0 Å². The van der Waals surface area contributed by atoms with E-state index in [4.69, 9.17) is 0 Å². The average Bonchev–Trinajstić information content (AvgIpc) is 2.85. The second-order valence-electron chi connectivity index (χ2n) is 7.44. The zero-order valence-electron chi connectivity index (χ0n) is 13.9. The molecule has 2 atom stereocenters. The van der Waals surface area contributed by atoms with Crippen LogP contribution in [0, 0.1) is 5.92 Å². The van der Waals surface area contributed by atoms with E-state index in [0.29, 0.717) is 19.4 Å². The summed E-state index contributed by atoms with van der Waals surface area (Å²) in [4.78, 5) is 14.2. The fourth-order valence-electron chi connectivity index (χ4n) is 3.25. The van der Waals surface area contributed by atoms with Crippen LogP contribution in [0.5, 0.6) is 0 Å². The van der Waals surface area contributed by atoms with Crippen LogP contribution in [0.3, 0.4) is 0 Å². The smallest absolute Gasteiger partial charge is 0.318 e. The van der Waals surface area contributed by atoms with Crippen molar-refractivity contribution in [3.05, 3.63) is 0 Å². The Labute approximate surface area is 138 Å². The van der Waals surface area contributed by atoms with Gasteiger partial charge in [-0.05, 0) is 25.7 Å². The second-order valence-corrected chi connectivity index (χ2v) is 11.8. The fraction of sp³-hybridized carbons (Fsp3) is 0.929. The van der Waals surface area contributed by atoms with Gasteiger partial charge in [-0.1, -0.05) is 13.8 Å². The van der Waals surface area contributed by atoms with Gasteiger partial charge < -0.3 is 10.2 Å². The molecule has 0 radical (unpaired) electrons. The molecule has 0 aliphatic carbocycles. The van der Waals surface area contributed by atoms with Gasteiger partial charge >= 0.3 is 6.03 Å². The SMILES string of the molecule is CC(C)CN(C(=O)N[C@]1(C)CCS(=O)(=O)C1)[C@H]1CCS(=O)(=O)C1. The summed E-state index contributed by atoms with van der Waals surface area (Å²) in [6, 6.07) is -0.690. The molecule has 2 amide bonds. The molecule has 0 bridgehead atoms. The predicted octanol–water partition coefficient (Wildman–Crippen LogP) is 0.418. The first kappa shape index (κ1) is 18.5. The molecule has 2 fully saturated rings. The number of carbonyl (C=O) groups excluding carboxylic acids is 1. The minimum Gasteiger partial charge on any atom is -0.332 e. The van der Waals surface area contributed by atoms with Crippen molar-refractivity contribution in [2.45, 2.75) is 45.2 Å². The van der Waals surface area contributed by atoms with Crippen LogP contribution in [0.4, 0.5) is 4.79 Å². The van der Waals surface area contributed by atoms with Crippen molar-refractivity contribution in [2.24, 2.45) is 5.92 Å². The first-order valence-corrected chi connectivity index (χ1v) is 11.6. The van der Waals surface area contributed by atoms with Crippen molar-refractivity contribution in [1.82, 2.24) is 10.2 Å². The maximum atomic E-state index is 12.7. The van der Waals surface area contributed by atoms with Crippen LogP contribution in [0.15, 0.2) is 0 Å². The van der Waals surface area contributed by atoms with E-state index < -0.39 is 25.2 Å². The highest BCUT2D eigenvalue weighted by Crippen LogP contribution is 2.25. The number of nitrogens with one attached hydrogen (secondary N) is 1. The van der Waals surface area contributed by atoms with Gasteiger partial charge in [0.1, 0.15) is 0 Å². The summed E-state index contributed by atoms with van der Waals surface area (Å²) in [5, 5.41) is 2.83. The Balaban J connectivity index is 2.11. The lowest BCUT2D eigenvalue weighted by atomic mass is 10.0. The Morgan fingerprint density at radius 2 is 1.87 bits per heavy atom. The van der Waals surface area contributed by atoms with E-state index in [1.807, 2.05) is 13.8 Å². The van der Waals surface area contributed by atoms with Crippen LogP contribution in [-0.2, 0) is 19.7 Å². The van der Waals surface area contributed by atoms with Crippen LogP contribution in [-0.4, -0.2) is 68.9 Å². The topological polar surface area (TPSA) is 101 Å². The number of amides is 2. The van der Waals surface area contributed by atoms with E-state index in [1.165, 1.54) is 0 Å². The zero-order valence-corrected chi connectivity index (χ0v) is 15.5. The Morgan fingerprint density at radius 3 is 2.30 bits per heavy atom. The molecular weight excluding hydrogens is 340 g/mol. The van der Waals surface area contributed by atoms with Crippen LogP contribution in [0.25, 0.3) is 0 Å². The first-order valence-electron chi connectivity index (χ1n) is 7.91. The number of hydrogen-bond acceptors (Lipinski definition) is 5. The second kappa shape index (κ2) is 6.23. The van der Waals surface area contributed by atoms with E-state index in [0.717, 1.165) is 0 Å². The monoisotopic (exact) mass is 366 g/mol. The highest BCUT2D eigenvalue weighted by molar-refractivity contribution is 7.92. The van der Waals surface area contributed by atoms with E-state index in [2.05, 4.69) is 5.32 Å². The van der Waals surface area contributed by atoms with Gasteiger partial charge in [-0.3, -0.25) is 0 Å². The van der Waals surface area contributed by atoms with Gasteiger partial charge in [0.25, 0.3) is 0 Å². The number of urea groups is 1. The van der Waals surface area contributed by atoms with Crippen LogP contribution in [0.1, 0.15) is 33.6 Å². The first-order chi connectivity index (χ1) is 10.4. The third kappa shape index (κ3) is 4.82. The normalized spacial score (nSPS) is 32.1. The minimum absolute atomic E-state index is 0.0118. The molecular formula is C14H26N2O5S2. The number of carbonyl (C=O) groups is 1. The van der Waals surface area contributed by atoms with Crippen molar-refractivity contribution >= 4 is 25.7 Å². The predicted molar refractivity (Wildman–Crippen MR) is 88.8 cm³/mol. The summed E-state index contributed by atoms with van der Waals surface area (Å²) in [5.74, 6) is 0.299. The van der Waals surface area contributed by atoms with Gasteiger partial charge in [0.15, 0.2) is 19.7 Å². The molecule has 0 aromatic carbocycles. The molecule has 9 heteroatoms. The van der Waals surface area contributed by atoms with Crippen molar-refractivity contribution in [3.63, 3.8) is 0 Å². The minimum atomic E-state index is -3.12. The molecule has 134 valence electrons. The van der Waals surface area contributed by atoms with Crippen molar-refractivity contribution in [2.75, 3.05) is 29.6 Å². The molecule has 2 rings (SSSR count). The number of rotatable bonds is 4. The summed E-state index contributed by atoms with van der Waals surface area (Å²) in [5.41, 5.74) is -0.775. The summed E-state index contributed by atoms with van der Waals surface area (Å²) >= 11 is 0. The van der Waals surface area contributed by atoms with E-state index >= 15 is 0 Å². The van der Waals surface area contributed by atoms with E-state index in [9.17, 15) is 21.6 Å². The van der Waals surface area contributed by atoms with Crippen molar-refractivity contribution in [1.29, 1.82) is 0 Å². The molecule has 2 heterocycles. The molecule has 0 unspecified atom stereocenters. The van der Waals surface area contributed by atoms with Crippen molar-refractivity contribution < 1.29 is 21.6 Å². The Hall–Kier alpha value is -0.830. The number of nitrogens with zero attached hydrogens (tertiary/aromatic N) is 1.